The van der Waals surface area contributed by atoms with Crippen LogP contribution < -0.4 is 0 Å². The number of halogens is 1. The van der Waals surface area contributed by atoms with E-state index in [0.29, 0.717) is 24.9 Å². The van der Waals surface area contributed by atoms with Crippen LogP contribution >= 0.6 is 0 Å². The van der Waals surface area contributed by atoms with E-state index in [1.165, 1.54) is 0 Å². The maximum atomic E-state index is 13.9. The van der Waals surface area contributed by atoms with Gasteiger partial charge in [-0.1, -0.05) is 13.8 Å². The second kappa shape index (κ2) is 4.01. The molecule has 0 spiro atoms. The summed E-state index contributed by atoms with van der Waals surface area (Å²) in [5.41, 5.74) is 0.222. The summed E-state index contributed by atoms with van der Waals surface area (Å²) in [6.45, 7) is 6.58. The lowest BCUT2D eigenvalue weighted by atomic mass is 9.45. The molecule has 0 aromatic carbocycles. The van der Waals surface area contributed by atoms with Crippen LogP contribution in [0.1, 0.15) is 40.0 Å². The van der Waals surface area contributed by atoms with Crippen LogP contribution in [-0.2, 0) is 9.53 Å². The van der Waals surface area contributed by atoms with Crippen molar-refractivity contribution in [2.24, 2.45) is 23.2 Å². The maximum Gasteiger partial charge on any atom is 0.306 e. The van der Waals surface area contributed by atoms with Gasteiger partial charge in [0.2, 0.25) is 0 Å². The summed E-state index contributed by atoms with van der Waals surface area (Å²) in [6.07, 6.45) is 1.18. The van der Waals surface area contributed by atoms with Gasteiger partial charge in [0.25, 0.3) is 0 Å². The summed E-state index contributed by atoms with van der Waals surface area (Å²) in [6, 6.07) is 0. The van der Waals surface area contributed by atoms with E-state index < -0.39 is 6.17 Å². The quantitative estimate of drug-likeness (QED) is 0.694. The summed E-state index contributed by atoms with van der Waals surface area (Å²) in [7, 11) is 0. The van der Waals surface area contributed by atoms with Gasteiger partial charge >= 0.3 is 5.97 Å². The molecular weight excluding hydrogens is 207 g/mol. The lowest BCUT2D eigenvalue weighted by Crippen LogP contribution is -2.56. The van der Waals surface area contributed by atoms with Crippen molar-refractivity contribution in [1.29, 1.82) is 0 Å². The molecule has 3 heteroatoms. The predicted molar refractivity (Wildman–Crippen MR) is 59.6 cm³/mol. The normalized spacial score (nSPS) is 40.0. The summed E-state index contributed by atoms with van der Waals surface area (Å²) in [5, 5.41) is 0. The van der Waals surface area contributed by atoms with Gasteiger partial charge in [0.1, 0.15) is 6.17 Å². The number of hydrogen-bond acceptors (Lipinski definition) is 2. The van der Waals surface area contributed by atoms with Crippen LogP contribution in [0.4, 0.5) is 4.39 Å². The minimum Gasteiger partial charge on any atom is -0.466 e. The molecule has 0 aliphatic heterocycles. The highest BCUT2D eigenvalue weighted by molar-refractivity contribution is 5.69. The molecule has 92 valence electrons. The molecule has 0 heterocycles. The molecule has 0 unspecified atom stereocenters. The zero-order valence-corrected chi connectivity index (χ0v) is 10.3. The van der Waals surface area contributed by atoms with Gasteiger partial charge < -0.3 is 4.74 Å². The molecule has 0 radical (unpaired) electrons. The number of esters is 1. The third-order valence-corrected chi connectivity index (χ3v) is 4.75. The number of fused-ring (bicyclic) bond motifs is 2. The van der Waals surface area contributed by atoms with Crippen molar-refractivity contribution < 1.29 is 13.9 Å². The van der Waals surface area contributed by atoms with Crippen LogP contribution in [-0.4, -0.2) is 18.7 Å². The second-order valence-electron chi connectivity index (χ2n) is 5.79. The van der Waals surface area contributed by atoms with Crippen LogP contribution in [0.3, 0.4) is 0 Å². The Morgan fingerprint density at radius 1 is 1.44 bits per heavy atom. The number of ether oxygens (including phenoxy) is 1. The number of hydrogen-bond donors (Lipinski definition) is 0. The Kier molecular flexibility index (Phi) is 2.97. The van der Waals surface area contributed by atoms with E-state index in [0.717, 1.165) is 6.42 Å². The topological polar surface area (TPSA) is 26.3 Å². The van der Waals surface area contributed by atoms with E-state index in [1.807, 2.05) is 0 Å². The zero-order chi connectivity index (χ0) is 11.9. The monoisotopic (exact) mass is 228 g/mol. The first-order chi connectivity index (χ1) is 7.46. The van der Waals surface area contributed by atoms with Gasteiger partial charge in [-0.15, -0.1) is 0 Å². The average Bonchev–Trinajstić information content (AvgIpc) is 2.20. The molecule has 0 aromatic rings. The van der Waals surface area contributed by atoms with Crippen molar-refractivity contribution in [3.05, 3.63) is 0 Å². The largest absolute Gasteiger partial charge is 0.466 e. The number of alkyl halides is 1. The molecule has 0 N–H and O–H groups in total. The third kappa shape index (κ3) is 1.74. The van der Waals surface area contributed by atoms with Gasteiger partial charge in [-0.25, -0.2) is 4.39 Å². The average molecular weight is 228 g/mol. The molecule has 0 aromatic heterocycles. The van der Waals surface area contributed by atoms with Crippen molar-refractivity contribution >= 4 is 5.97 Å². The molecular formula is C13H21FO2. The highest BCUT2D eigenvalue weighted by Gasteiger charge is 2.58. The van der Waals surface area contributed by atoms with Gasteiger partial charge in [0, 0.05) is 5.92 Å². The van der Waals surface area contributed by atoms with Crippen LogP contribution in [0.5, 0.6) is 0 Å². The molecule has 16 heavy (non-hydrogen) atoms. The van der Waals surface area contributed by atoms with E-state index in [1.54, 1.807) is 6.92 Å². The van der Waals surface area contributed by atoms with Crippen molar-refractivity contribution in [1.82, 2.24) is 0 Å². The Morgan fingerprint density at radius 2 is 2.12 bits per heavy atom. The summed E-state index contributed by atoms with van der Waals surface area (Å²) in [4.78, 5) is 11.4. The first-order valence-electron chi connectivity index (χ1n) is 6.26. The first-order valence-corrected chi connectivity index (χ1v) is 6.26. The Morgan fingerprint density at radius 3 is 2.69 bits per heavy atom. The molecule has 0 amide bonds. The van der Waals surface area contributed by atoms with Gasteiger partial charge in [-0.3, -0.25) is 4.79 Å². The van der Waals surface area contributed by atoms with E-state index in [-0.39, 0.29) is 23.7 Å². The van der Waals surface area contributed by atoms with E-state index >= 15 is 0 Å². The highest BCUT2D eigenvalue weighted by Crippen LogP contribution is 2.62. The molecule has 3 fully saturated rings. The fraction of sp³-hybridized carbons (Fsp3) is 0.923. The van der Waals surface area contributed by atoms with Gasteiger partial charge in [0.15, 0.2) is 0 Å². The number of carbonyl (C=O) groups excluding carboxylic acids is 1. The third-order valence-electron chi connectivity index (χ3n) is 4.75. The van der Waals surface area contributed by atoms with Crippen LogP contribution in [0.15, 0.2) is 0 Å². The molecule has 2 bridgehead atoms. The SMILES string of the molecule is CCOC(=O)C[C@@H]1[C@H](F)C[C@H]2C[C@@H]1C2(C)C. The Bertz CT molecular complexity index is 288. The molecule has 0 saturated heterocycles. The zero-order valence-electron chi connectivity index (χ0n) is 10.3. The summed E-state index contributed by atoms with van der Waals surface area (Å²) < 4.78 is 18.8. The highest BCUT2D eigenvalue weighted by atomic mass is 19.1. The summed E-state index contributed by atoms with van der Waals surface area (Å²) in [5.74, 6) is 0.534. The Balaban J connectivity index is 2.00. The smallest absolute Gasteiger partial charge is 0.306 e. The maximum absolute atomic E-state index is 13.9. The first kappa shape index (κ1) is 11.9. The summed E-state index contributed by atoms with van der Waals surface area (Å²) >= 11 is 0. The fourth-order valence-electron chi connectivity index (χ4n) is 3.56. The van der Waals surface area contributed by atoms with Crippen molar-refractivity contribution in [2.75, 3.05) is 6.61 Å². The Hall–Kier alpha value is -0.600. The van der Waals surface area contributed by atoms with Crippen molar-refractivity contribution in [2.45, 2.75) is 46.2 Å². The van der Waals surface area contributed by atoms with Crippen LogP contribution in [0, 0.1) is 23.2 Å². The van der Waals surface area contributed by atoms with E-state index in [4.69, 9.17) is 4.74 Å². The van der Waals surface area contributed by atoms with E-state index in [9.17, 15) is 9.18 Å². The molecule has 3 saturated carbocycles. The minimum atomic E-state index is -0.804. The standard InChI is InChI=1S/C13H21FO2/c1-4-16-12(15)7-9-10-5-8(6-11(9)14)13(10,2)3/h8-11H,4-7H2,1-3H3/t8-,9+,10+,11-/m1/s1. The molecule has 3 aliphatic carbocycles. The number of carbonyl (C=O) groups is 1. The van der Waals surface area contributed by atoms with Crippen LogP contribution in [0.25, 0.3) is 0 Å². The van der Waals surface area contributed by atoms with Gasteiger partial charge in [-0.2, -0.15) is 0 Å². The van der Waals surface area contributed by atoms with Crippen molar-refractivity contribution in [3.63, 3.8) is 0 Å². The van der Waals surface area contributed by atoms with E-state index in [2.05, 4.69) is 13.8 Å². The minimum absolute atomic E-state index is 0.112. The number of rotatable bonds is 3. The van der Waals surface area contributed by atoms with Gasteiger partial charge in [0.05, 0.1) is 13.0 Å². The Labute approximate surface area is 96.5 Å². The van der Waals surface area contributed by atoms with Crippen LogP contribution in [0.2, 0.25) is 0 Å². The lowest BCUT2D eigenvalue weighted by molar-refractivity contribution is -0.163. The fourth-order valence-corrected chi connectivity index (χ4v) is 3.56. The lowest BCUT2D eigenvalue weighted by Gasteiger charge is -2.61. The molecule has 4 atom stereocenters. The molecule has 2 nitrogen and oxygen atoms in total. The van der Waals surface area contributed by atoms with Gasteiger partial charge in [-0.05, 0) is 37.0 Å². The molecule has 3 aliphatic rings. The predicted octanol–water partition coefficient (Wildman–Crippen LogP) is 2.96. The molecule has 3 rings (SSSR count). The van der Waals surface area contributed by atoms with Crippen molar-refractivity contribution in [3.8, 4) is 0 Å². The second-order valence-corrected chi connectivity index (χ2v) is 5.79.